The molecule has 0 aromatic carbocycles. The van der Waals surface area contributed by atoms with Gasteiger partial charge >= 0.3 is 6.09 Å². The second-order valence-electron chi connectivity index (χ2n) is 8.26. The van der Waals surface area contributed by atoms with E-state index in [9.17, 15) is 14.4 Å². The van der Waals surface area contributed by atoms with Gasteiger partial charge in [0.2, 0.25) is 11.8 Å². The molecular formula is C20H37N3O4. The molecule has 27 heavy (non-hydrogen) atoms. The zero-order valence-electron chi connectivity index (χ0n) is 17.6. The second-order valence-corrected chi connectivity index (χ2v) is 8.26. The number of rotatable bonds is 8. The number of amides is 3. The summed E-state index contributed by atoms with van der Waals surface area (Å²) in [6.07, 6.45) is 3.31. The second kappa shape index (κ2) is 11.1. The molecule has 0 aromatic rings. The Morgan fingerprint density at radius 1 is 1.07 bits per heavy atom. The van der Waals surface area contributed by atoms with Crippen molar-refractivity contribution in [1.82, 2.24) is 15.5 Å². The molecule has 1 rings (SSSR count). The van der Waals surface area contributed by atoms with Crippen LogP contribution in [0.5, 0.6) is 0 Å². The average Bonchev–Trinajstić information content (AvgIpc) is 2.59. The zero-order valence-corrected chi connectivity index (χ0v) is 17.6. The predicted octanol–water partition coefficient (Wildman–Crippen LogP) is 2.69. The first-order valence-electron chi connectivity index (χ1n) is 10.2. The fourth-order valence-corrected chi connectivity index (χ4v) is 3.18. The van der Waals surface area contributed by atoms with Crippen molar-refractivity contribution in [3.8, 4) is 0 Å². The van der Waals surface area contributed by atoms with Gasteiger partial charge in [-0.05, 0) is 52.4 Å². The molecule has 0 bridgehead atoms. The maximum absolute atomic E-state index is 12.3. The molecule has 0 saturated carbocycles. The van der Waals surface area contributed by atoms with E-state index in [0.717, 1.165) is 25.7 Å². The smallest absolute Gasteiger partial charge is 0.407 e. The van der Waals surface area contributed by atoms with Crippen molar-refractivity contribution in [2.24, 2.45) is 11.8 Å². The third-order valence-electron chi connectivity index (χ3n) is 4.90. The van der Waals surface area contributed by atoms with E-state index in [-0.39, 0.29) is 30.7 Å². The Balaban J connectivity index is 2.23. The Hall–Kier alpha value is -1.79. The SMILES string of the molecule is CCC(CC)C(=O)NCC1CCN(C(=O)CCNC(=O)OC(C)(C)C)CC1. The van der Waals surface area contributed by atoms with Gasteiger partial charge in [0, 0.05) is 38.5 Å². The summed E-state index contributed by atoms with van der Waals surface area (Å²) >= 11 is 0. The van der Waals surface area contributed by atoms with Crippen LogP contribution >= 0.6 is 0 Å². The van der Waals surface area contributed by atoms with Crippen molar-refractivity contribution in [1.29, 1.82) is 0 Å². The lowest BCUT2D eigenvalue weighted by molar-refractivity contribution is -0.132. The van der Waals surface area contributed by atoms with Crippen molar-refractivity contribution in [2.45, 2.75) is 72.3 Å². The number of piperidine rings is 1. The third kappa shape index (κ3) is 9.11. The van der Waals surface area contributed by atoms with Gasteiger partial charge in [0.15, 0.2) is 0 Å². The van der Waals surface area contributed by atoms with E-state index >= 15 is 0 Å². The molecule has 1 heterocycles. The molecule has 2 N–H and O–H groups in total. The molecule has 0 aromatic heterocycles. The third-order valence-corrected chi connectivity index (χ3v) is 4.90. The van der Waals surface area contributed by atoms with Crippen molar-refractivity contribution in [3.63, 3.8) is 0 Å². The fourth-order valence-electron chi connectivity index (χ4n) is 3.18. The molecule has 156 valence electrons. The van der Waals surface area contributed by atoms with Gasteiger partial charge in [0.25, 0.3) is 0 Å². The summed E-state index contributed by atoms with van der Waals surface area (Å²) in [5.74, 6) is 0.716. The van der Waals surface area contributed by atoms with Crippen molar-refractivity contribution in [2.75, 3.05) is 26.2 Å². The molecule has 7 nitrogen and oxygen atoms in total. The molecule has 0 aliphatic carbocycles. The highest BCUT2D eigenvalue weighted by molar-refractivity contribution is 5.78. The lowest BCUT2D eigenvalue weighted by atomic mass is 9.95. The number of hydrogen-bond acceptors (Lipinski definition) is 4. The van der Waals surface area contributed by atoms with Gasteiger partial charge in [-0.3, -0.25) is 9.59 Å². The van der Waals surface area contributed by atoms with Crippen molar-refractivity contribution in [3.05, 3.63) is 0 Å². The number of carbonyl (C=O) groups excluding carboxylic acids is 3. The van der Waals surface area contributed by atoms with Crippen LogP contribution in [0.25, 0.3) is 0 Å². The predicted molar refractivity (Wildman–Crippen MR) is 105 cm³/mol. The van der Waals surface area contributed by atoms with E-state index in [1.807, 2.05) is 18.7 Å². The van der Waals surface area contributed by atoms with E-state index in [2.05, 4.69) is 10.6 Å². The number of hydrogen-bond donors (Lipinski definition) is 2. The number of alkyl carbamates (subject to hydrolysis) is 1. The maximum atomic E-state index is 12.3. The van der Waals surface area contributed by atoms with Gasteiger partial charge in [-0.15, -0.1) is 0 Å². The summed E-state index contributed by atoms with van der Waals surface area (Å²) in [5, 5.41) is 5.68. The highest BCUT2D eigenvalue weighted by atomic mass is 16.6. The molecule has 7 heteroatoms. The summed E-state index contributed by atoms with van der Waals surface area (Å²) < 4.78 is 5.15. The Morgan fingerprint density at radius 3 is 2.19 bits per heavy atom. The first kappa shape index (κ1) is 23.2. The summed E-state index contributed by atoms with van der Waals surface area (Å²) in [6.45, 7) is 11.9. The number of nitrogens with zero attached hydrogens (tertiary/aromatic N) is 1. The van der Waals surface area contributed by atoms with Gasteiger partial charge in [-0.2, -0.15) is 0 Å². The van der Waals surface area contributed by atoms with Gasteiger partial charge in [-0.25, -0.2) is 4.79 Å². The molecule has 1 aliphatic heterocycles. The molecular weight excluding hydrogens is 346 g/mol. The van der Waals surface area contributed by atoms with Crippen LogP contribution in [0.4, 0.5) is 4.79 Å². The minimum atomic E-state index is -0.542. The lowest BCUT2D eigenvalue weighted by Gasteiger charge is -2.32. The number of nitrogens with one attached hydrogen (secondary N) is 2. The average molecular weight is 384 g/mol. The normalized spacial score (nSPS) is 15.6. The van der Waals surface area contributed by atoms with Crippen LogP contribution in [0.1, 0.15) is 66.7 Å². The molecule has 0 spiro atoms. The Bertz CT molecular complexity index is 490. The number of likely N-dealkylation sites (tertiary alicyclic amines) is 1. The summed E-state index contributed by atoms with van der Waals surface area (Å²) in [6, 6.07) is 0. The Kier molecular flexibility index (Phi) is 9.60. The highest BCUT2D eigenvalue weighted by Gasteiger charge is 2.24. The Labute approximate surface area is 163 Å². The summed E-state index contributed by atoms with van der Waals surface area (Å²) in [5.41, 5.74) is -0.542. The van der Waals surface area contributed by atoms with E-state index in [1.54, 1.807) is 20.8 Å². The van der Waals surface area contributed by atoms with Crippen LogP contribution in [-0.2, 0) is 14.3 Å². The molecule has 0 atom stereocenters. The lowest BCUT2D eigenvalue weighted by Crippen LogP contribution is -2.43. The summed E-state index contributed by atoms with van der Waals surface area (Å²) in [4.78, 5) is 37.8. The van der Waals surface area contributed by atoms with Crippen molar-refractivity contribution >= 4 is 17.9 Å². The number of carbonyl (C=O) groups is 3. The van der Waals surface area contributed by atoms with Crippen LogP contribution in [-0.4, -0.2) is 54.6 Å². The standard InChI is InChI=1S/C20H37N3O4/c1-6-16(7-2)18(25)22-14-15-9-12-23(13-10-15)17(24)8-11-21-19(26)27-20(3,4)5/h15-16H,6-14H2,1-5H3,(H,21,26)(H,22,25). The van der Waals surface area contributed by atoms with Crippen LogP contribution in [0.2, 0.25) is 0 Å². The maximum Gasteiger partial charge on any atom is 0.407 e. The molecule has 0 unspecified atom stereocenters. The monoisotopic (exact) mass is 383 g/mol. The Morgan fingerprint density at radius 2 is 1.67 bits per heavy atom. The van der Waals surface area contributed by atoms with E-state index in [4.69, 9.17) is 4.74 Å². The van der Waals surface area contributed by atoms with Crippen LogP contribution in [0.15, 0.2) is 0 Å². The molecule has 3 amide bonds. The molecule has 1 saturated heterocycles. The van der Waals surface area contributed by atoms with Gasteiger partial charge in [0.05, 0.1) is 0 Å². The molecule has 1 aliphatic rings. The number of ether oxygens (including phenoxy) is 1. The van der Waals surface area contributed by atoms with Gasteiger partial charge in [-0.1, -0.05) is 13.8 Å². The minimum Gasteiger partial charge on any atom is -0.444 e. The quantitative estimate of drug-likeness (QED) is 0.674. The van der Waals surface area contributed by atoms with E-state index in [0.29, 0.717) is 25.6 Å². The first-order chi connectivity index (χ1) is 12.7. The van der Waals surface area contributed by atoms with E-state index in [1.165, 1.54) is 0 Å². The van der Waals surface area contributed by atoms with Crippen LogP contribution < -0.4 is 10.6 Å². The highest BCUT2D eigenvalue weighted by Crippen LogP contribution is 2.17. The van der Waals surface area contributed by atoms with E-state index < -0.39 is 11.7 Å². The largest absolute Gasteiger partial charge is 0.444 e. The molecule has 1 fully saturated rings. The van der Waals surface area contributed by atoms with Crippen LogP contribution in [0.3, 0.4) is 0 Å². The van der Waals surface area contributed by atoms with Crippen LogP contribution in [0, 0.1) is 11.8 Å². The topological polar surface area (TPSA) is 87.7 Å². The zero-order chi connectivity index (χ0) is 20.4. The molecule has 0 radical (unpaired) electrons. The van der Waals surface area contributed by atoms with Gasteiger partial charge < -0.3 is 20.3 Å². The minimum absolute atomic E-state index is 0.0468. The summed E-state index contributed by atoms with van der Waals surface area (Å²) in [7, 11) is 0. The van der Waals surface area contributed by atoms with Gasteiger partial charge in [0.1, 0.15) is 5.60 Å². The first-order valence-corrected chi connectivity index (χ1v) is 10.2. The van der Waals surface area contributed by atoms with Crippen molar-refractivity contribution < 1.29 is 19.1 Å². The fraction of sp³-hybridized carbons (Fsp3) is 0.850.